The van der Waals surface area contributed by atoms with Crippen molar-refractivity contribution in [2.45, 2.75) is 46.0 Å². The van der Waals surface area contributed by atoms with Crippen molar-refractivity contribution in [3.63, 3.8) is 0 Å². The molecule has 0 amide bonds. The smallest absolute Gasteiger partial charge is 0.149 e. The summed E-state index contributed by atoms with van der Waals surface area (Å²) in [7, 11) is 1.66. The molecule has 1 aliphatic rings. The molecule has 1 atom stereocenters. The van der Waals surface area contributed by atoms with E-state index in [0.717, 1.165) is 31.3 Å². The predicted molar refractivity (Wildman–Crippen MR) is 71.0 cm³/mol. The Balaban J connectivity index is 2.76. The van der Waals surface area contributed by atoms with Crippen LogP contribution in [0.15, 0.2) is 23.8 Å². The standard InChI is InChI=1S/C15H24O2/c1-4-5-6-10-14(16)15(12-17-3)11-8-7-9-13(15)2/h8-9,11H,4-7,10,12H2,1-3H3. The van der Waals surface area contributed by atoms with Crippen LogP contribution in [0.5, 0.6) is 0 Å². The molecule has 1 rings (SSSR count). The van der Waals surface area contributed by atoms with Crippen molar-refractivity contribution < 1.29 is 9.53 Å². The van der Waals surface area contributed by atoms with Crippen molar-refractivity contribution in [2.24, 2.45) is 5.41 Å². The molecule has 1 aliphatic carbocycles. The number of methoxy groups -OCH3 is 1. The molecule has 0 N–H and O–H groups in total. The second kappa shape index (κ2) is 6.75. The molecule has 96 valence electrons. The highest BCUT2D eigenvalue weighted by atomic mass is 16.5. The fourth-order valence-electron chi connectivity index (χ4n) is 2.37. The number of hydrogen-bond acceptors (Lipinski definition) is 2. The average molecular weight is 236 g/mol. The van der Waals surface area contributed by atoms with Crippen LogP contribution >= 0.6 is 0 Å². The predicted octanol–water partition coefficient (Wildman–Crippen LogP) is 3.67. The largest absolute Gasteiger partial charge is 0.383 e. The van der Waals surface area contributed by atoms with Crippen LogP contribution in [0.2, 0.25) is 0 Å². The fraction of sp³-hybridized carbons (Fsp3) is 0.667. The number of unbranched alkanes of at least 4 members (excludes halogenated alkanes) is 2. The Morgan fingerprint density at radius 2 is 2.24 bits per heavy atom. The van der Waals surface area contributed by atoms with E-state index in [9.17, 15) is 4.79 Å². The van der Waals surface area contributed by atoms with Gasteiger partial charge >= 0.3 is 0 Å². The van der Waals surface area contributed by atoms with E-state index in [4.69, 9.17) is 4.74 Å². The summed E-state index contributed by atoms with van der Waals surface area (Å²) < 4.78 is 5.27. The lowest BCUT2D eigenvalue weighted by atomic mass is 9.73. The summed E-state index contributed by atoms with van der Waals surface area (Å²) >= 11 is 0. The first-order valence-corrected chi connectivity index (χ1v) is 6.54. The van der Waals surface area contributed by atoms with Gasteiger partial charge in [-0.3, -0.25) is 4.79 Å². The van der Waals surface area contributed by atoms with Crippen LogP contribution in [0.25, 0.3) is 0 Å². The number of ether oxygens (including phenoxy) is 1. The monoisotopic (exact) mass is 236 g/mol. The minimum absolute atomic E-state index is 0.303. The van der Waals surface area contributed by atoms with Crippen molar-refractivity contribution in [2.75, 3.05) is 13.7 Å². The number of rotatable bonds is 7. The third-order valence-corrected chi connectivity index (χ3v) is 3.54. The van der Waals surface area contributed by atoms with E-state index in [1.54, 1.807) is 7.11 Å². The maximum Gasteiger partial charge on any atom is 0.149 e. The van der Waals surface area contributed by atoms with Crippen molar-refractivity contribution in [3.8, 4) is 0 Å². The van der Waals surface area contributed by atoms with Gasteiger partial charge in [-0.05, 0) is 19.8 Å². The zero-order valence-corrected chi connectivity index (χ0v) is 11.3. The van der Waals surface area contributed by atoms with E-state index in [2.05, 4.69) is 19.1 Å². The van der Waals surface area contributed by atoms with Crippen molar-refractivity contribution in [3.05, 3.63) is 23.8 Å². The van der Waals surface area contributed by atoms with E-state index in [-0.39, 0.29) is 0 Å². The molecule has 1 unspecified atom stereocenters. The van der Waals surface area contributed by atoms with Crippen LogP contribution in [0, 0.1) is 5.41 Å². The lowest BCUT2D eigenvalue weighted by Crippen LogP contribution is -2.36. The molecule has 0 heterocycles. The van der Waals surface area contributed by atoms with E-state index in [1.165, 1.54) is 0 Å². The average Bonchev–Trinajstić information content (AvgIpc) is 2.32. The quantitative estimate of drug-likeness (QED) is 0.498. The topological polar surface area (TPSA) is 26.3 Å². The Morgan fingerprint density at radius 1 is 1.47 bits per heavy atom. The molecule has 0 saturated carbocycles. The highest BCUT2D eigenvalue weighted by Gasteiger charge is 2.37. The number of hydrogen-bond donors (Lipinski definition) is 0. The summed E-state index contributed by atoms with van der Waals surface area (Å²) in [6, 6.07) is 0. The summed E-state index contributed by atoms with van der Waals surface area (Å²) in [5, 5.41) is 0. The Labute approximate surface area is 105 Å². The third kappa shape index (κ3) is 3.29. The maximum atomic E-state index is 12.4. The number of carbonyl (C=O) groups excluding carboxylic acids is 1. The fourth-order valence-corrected chi connectivity index (χ4v) is 2.37. The van der Waals surface area contributed by atoms with Gasteiger partial charge in [-0.25, -0.2) is 0 Å². The first kappa shape index (κ1) is 14.2. The van der Waals surface area contributed by atoms with Crippen LogP contribution in [0.1, 0.15) is 46.0 Å². The molecule has 17 heavy (non-hydrogen) atoms. The summed E-state index contributed by atoms with van der Waals surface area (Å²) in [6.07, 6.45) is 11.1. The van der Waals surface area contributed by atoms with Gasteiger partial charge in [0, 0.05) is 13.5 Å². The molecule has 2 nitrogen and oxygen atoms in total. The first-order valence-electron chi connectivity index (χ1n) is 6.54. The molecular formula is C15H24O2. The Bertz CT molecular complexity index is 315. The first-order chi connectivity index (χ1) is 8.17. The zero-order valence-electron chi connectivity index (χ0n) is 11.3. The van der Waals surface area contributed by atoms with Crippen molar-refractivity contribution in [1.82, 2.24) is 0 Å². The zero-order chi connectivity index (χ0) is 12.7. The molecule has 2 heteroatoms. The van der Waals surface area contributed by atoms with Crippen molar-refractivity contribution >= 4 is 5.78 Å². The second-order valence-corrected chi connectivity index (χ2v) is 4.81. The summed E-state index contributed by atoms with van der Waals surface area (Å²) in [5.74, 6) is 0.303. The molecule has 0 radical (unpaired) electrons. The number of ketones is 1. The second-order valence-electron chi connectivity index (χ2n) is 4.81. The normalized spacial score (nSPS) is 23.6. The lowest BCUT2D eigenvalue weighted by Gasteiger charge is -2.32. The SMILES string of the molecule is CCCCCC(=O)C1(COC)C=CCC=C1C. The number of Topliss-reactive ketones (excluding diaryl/α,β-unsaturated/α-hetero) is 1. The minimum atomic E-state index is -0.485. The van der Waals surface area contributed by atoms with Gasteiger partial charge in [0.25, 0.3) is 0 Å². The molecule has 0 saturated heterocycles. The van der Waals surface area contributed by atoms with Gasteiger partial charge in [-0.2, -0.15) is 0 Å². The van der Waals surface area contributed by atoms with Gasteiger partial charge < -0.3 is 4.74 Å². The van der Waals surface area contributed by atoms with Gasteiger partial charge in [-0.15, -0.1) is 0 Å². The summed E-state index contributed by atoms with van der Waals surface area (Å²) in [5.41, 5.74) is 0.657. The molecular weight excluding hydrogens is 212 g/mol. The van der Waals surface area contributed by atoms with Crippen LogP contribution < -0.4 is 0 Å². The van der Waals surface area contributed by atoms with Crippen LogP contribution in [-0.4, -0.2) is 19.5 Å². The molecule has 0 spiro atoms. The lowest BCUT2D eigenvalue weighted by molar-refractivity contribution is -0.127. The maximum absolute atomic E-state index is 12.4. The van der Waals surface area contributed by atoms with Gasteiger partial charge in [0.15, 0.2) is 0 Å². The molecule has 0 aromatic carbocycles. The number of carbonyl (C=O) groups is 1. The van der Waals surface area contributed by atoms with E-state index in [0.29, 0.717) is 18.8 Å². The van der Waals surface area contributed by atoms with Crippen LogP contribution in [-0.2, 0) is 9.53 Å². The van der Waals surface area contributed by atoms with E-state index in [1.807, 2.05) is 13.0 Å². The molecule has 0 aromatic heterocycles. The van der Waals surface area contributed by atoms with Crippen LogP contribution in [0.4, 0.5) is 0 Å². The van der Waals surface area contributed by atoms with E-state index < -0.39 is 5.41 Å². The molecule has 0 aliphatic heterocycles. The summed E-state index contributed by atoms with van der Waals surface area (Å²) in [6.45, 7) is 4.66. The highest BCUT2D eigenvalue weighted by molar-refractivity contribution is 5.90. The molecule has 0 aromatic rings. The Kier molecular flexibility index (Phi) is 5.63. The van der Waals surface area contributed by atoms with Crippen molar-refractivity contribution in [1.29, 1.82) is 0 Å². The van der Waals surface area contributed by atoms with E-state index >= 15 is 0 Å². The summed E-state index contributed by atoms with van der Waals surface area (Å²) in [4.78, 5) is 12.4. The minimum Gasteiger partial charge on any atom is -0.383 e. The number of allylic oxidation sites excluding steroid dienone is 2. The molecule has 0 fully saturated rings. The third-order valence-electron chi connectivity index (χ3n) is 3.54. The highest BCUT2D eigenvalue weighted by Crippen LogP contribution is 2.35. The van der Waals surface area contributed by atoms with Crippen LogP contribution in [0.3, 0.4) is 0 Å². The van der Waals surface area contributed by atoms with Gasteiger partial charge in [0.1, 0.15) is 5.78 Å². The molecule has 0 bridgehead atoms. The van der Waals surface area contributed by atoms with Gasteiger partial charge in [0.2, 0.25) is 0 Å². The van der Waals surface area contributed by atoms with Gasteiger partial charge in [-0.1, -0.05) is 43.6 Å². The van der Waals surface area contributed by atoms with Gasteiger partial charge in [0.05, 0.1) is 12.0 Å². The Hall–Kier alpha value is -0.890. The Morgan fingerprint density at radius 3 is 2.82 bits per heavy atom.